The van der Waals surface area contributed by atoms with Gasteiger partial charge in [0.1, 0.15) is 5.69 Å². The van der Waals surface area contributed by atoms with E-state index in [1.807, 2.05) is 0 Å². The van der Waals surface area contributed by atoms with Crippen LogP contribution in [0, 0.1) is 0 Å². The number of hydrogen-bond donors (Lipinski definition) is 1. The summed E-state index contributed by atoms with van der Waals surface area (Å²) in [5.74, 6) is 0. The van der Waals surface area contributed by atoms with Crippen molar-refractivity contribution >= 4 is 31.9 Å². The normalized spacial score (nSPS) is 11.0. The molecule has 0 aliphatic carbocycles. The Hall–Kier alpha value is -0.0700. The van der Waals surface area contributed by atoms with Crippen LogP contribution in [0.3, 0.4) is 0 Å². The molecular weight excluding hydrogens is 324 g/mol. The second kappa shape index (κ2) is 5.14. The maximum absolute atomic E-state index is 12.5. The van der Waals surface area contributed by atoms with Gasteiger partial charge in [-0.25, -0.2) is 13.8 Å². The van der Waals surface area contributed by atoms with Gasteiger partial charge in [0.15, 0.2) is 0 Å². The quantitative estimate of drug-likeness (QED) is 0.863. The second-order valence-corrected chi connectivity index (χ2v) is 3.97. The number of pyridine rings is 1. The topological polar surface area (TPSA) is 33.1 Å². The Labute approximate surface area is 96.6 Å². The monoisotopic (exact) mass is 329 g/mol. The van der Waals surface area contributed by atoms with Crippen LogP contribution >= 0.6 is 31.9 Å². The summed E-state index contributed by atoms with van der Waals surface area (Å²) in [7, 11) is 0. The molecule has 78 valence electrons. The summed E-state index contributed by atoms with van der Waals surface area (Å²) in [5, 5.41) is 9.15. The summed E-state index contributed by atoms with van der Waals surface area (Å²) in [4.78, 5) is 3.68. The summed E-state index contributed by atoms with van der Waals surface area (Å²) in [6.07, 6.45) is -2.62. The van der Waals surface area contributed by atoms with Crippen LogP contribution in [0.25, 0.3) is 0 Å². The van der Waals surface area contributed by atoms with E-state index in [1.54, 1.807) is 0 Å². The highest BCUT2D eigenvalue weighted by molar-refractivity contribution is 9.10. The Morgan fingerprint density at radius 3 is 2.57 bits per heavy atom. The van der Waals surface area contributed by atoms with Crippen LogP contribution in [-0.4, -0.2) is 10.1 Å². The number of aliphatic hydroxyl groups is 1. The first kappa shape index (κ1) is 12.0. The molecule has 0 aliphatic rings. The Morgan fingerprint density at radius 1 is 1.50 bits per heavy atom. The molecule has 1 heterocycles. The van der Waals surface area contributed by atoms with Crippen LogP contribution in [0.1, 0.15) is 23.4 Å². The molecule has 0 fully saturated rings. The second-order valence-electron chi connectivity index (χ2n) is 2.55. The van der Waals surface area contributed by atoms with Gasteiger partial charge in [0.2, 0.25) is 0 Å². The van der Waals surface area contributed by atoms with Gasteiger partial charge in [-0.2, -0.15) is 0 Å². The standard InChI is InChI=1S/C8H7Br2F2NO/c9-2-4-1-5(10)6(3-14)13-7(4)8(11)12/h1,8,14H,2-3H2. The molecule has 0 radical (unpaired) electrons. The van der Waals surface area contributed by atoms with Gasteiger partial charge in [-0.05, 0) is 27.6 Å². The molecule has 0 saturated heterocycles. The lowest BCUT2D eigenvalue weighted by Gasteiger charge is -2.08. The number of hydrogen-bond acceptors (Lipinski definition) is 2. The van der Waals surface area contributed by atoms with Gasteiger partial charge in [0, 0.05) is 9.80 Å². The SMILES string of the molecule is OCc1nc(C(F)F)c(CBr)cc1Br. The molecule has 0 saturated carbocycles. The third-order valence-electron chi connectivity index (χ3n) is 1.66. The van der Waals surface area contributed by atoms with E-state index in [4.69, 9.17) is 5.11 Å². The fourth-order valence-corrected chi connectivity index (χ4v) is 1.93. The summed E-state index contributed by atoms with van der Waals surface area (Å²) < 4.78 is 25.5. The van der Waals surface area contributed by atoms with Crippen molar-refractivity contribution in [3.8, 4) is 0 Å². The maximum atomic E-state index is 12.5. The minimum atomic E-state index is -2.62. The number of aromatic nitrogens is 1. The van der Waals surface area contributed by atoms with E-state index in [2.05, 4.69) is 36.8 Å². The zero-order valence-corrected chi connectivity index (χ0v) is 10.1. The van der Waals surface area contributed by atoms with E-state index in [1.165, 1.54) is 6.07 Å². The number of nitrogens with zero attached hydrogens (tertiary/aromatic N) is 1. The third kappa shape index (κ3) is 2.49. The Bertz CT molecular complexity index is 333. The van der Waals surface area contributed by atoms with Crippen molar-refractivity contribution in [3.05, 3.63) is 27.5 Å². The van der Waals surface area contributed by atoms with Gasteiger partial charge in [-0.1, -0.05) is 15.9 Å². The Balaban J connectivity index is 3.25. The maximum Gasteiger partial charge on any atom is 0.280 e. The molecule has 2 nitrogen and oxygen atoms in total. The fourth-order valence-electron chi connectivity index (χ4n) is 0.988. The lowest BCUT2D eigenvalue weighted by Crippen LogP contribution is -2.02. The van der Waals surface area contributed by atoms with Gasteiger partial charge in [0.25, 0.3) is 6.43 Å². The highest BCUT2D eigenvalue weighted by atomic mass is 79.9. The van der Waals surface area contributed by atoms with E-state index in [9.17, 15) is 8.78 Å². The number of halogens is 4. The minimum absolute atomic E-state index is 0.227. The largest absolute Gasteiger partial charge is 0.390 e. The van der Waals surface area contributed by atoms with Crippen molar-refractivity contribution in [3.63, 3.8) is 0 Å². The minimum Gasteiger partial charge on any atom is -0.390 e. The first-order valence-corrected chi connectivity index (χ1v) is 5.64. The molecule has 0 aliphatic heterocycles. The zero-order chi connectivity index (χ0) is 10.7. The van der Waals surface area contributed by atoms with Gasteiger partial charge in [0.05, 0.1) is 12.3 Å². The van der Waals surface area contributed by atoms with E-state index in [0.717, 1.165) is 0 Å². The molecule has 0 aromatic carbocycles. The Morgan fingerprint density at radius 2 is 2.14 bits per heavy atom. The molecule has 0 amide bonds. The summed E-state index contributed by atoms with van der Waals surface area (Å²) >= 11 is 6.24. The molecule has 1 aromatic rings. The van der Waals surface area contributed by atoms with Gasteiger partial charge in [-0.15, -0.1) is 0 Å². The highest BCUT2D eigenvalue weighted by Crippen LogP contribution is 2.27. The number of aliphatic hydroxyl groups excluding tert-OH is 1. The van der Waals surface area contributed by atoms with Crippen LogP contribution in [-0.2, 0) is 11.9 Å². The summed E-state index contributed by atoms with van der Waals surface area (Å²) in [6.45, 7) is -0.358. The molecule has 0 atom stereocenters. The van der Waals surface area contributed by atoms with Crippen LogP contribution in [0.2, 0.25) is 0 Å². The van der Waals surface area contributed by atoms with E-state index in [-0.39, 0.29) is 18.0 Å². The lowest BCUT2D eigenvalue weighted by atomic mass is 10.2. The van der Waals surface area contributed by atoms with Crippen molar-refractivity contribution in [2.75, 3.05) is 0 Å². The van der Waals surface area contributed by atoms with Gasteiger partial charge in [-0.3, -0.25) is 0 Å². The molecule has 6 heteroatoms. The van der Waals surface area contributed by atoms with E-state index in [0.29, 0.717) is 15.4 Å². The Kier molecular flexibility index (Phi) is 4.40. The van der Waals surface area contributed by atoms with Crippen LogP contribution < -0.4 is 0 Å². The highest BCUT2D eigenvalue weighted by Gasteiger charge is 2.16. The fraction of sp³-hybridized carbons (Fsp3) is 0.375. The van der Waals surface area contributed by atoms with Crippen LogP contribution in [0.4, 0.5) is 8.78 Å². The zero-order valence-electron chi connectivity index (χ0n) is 6.98. The van der Waals surface area contributed by atoms with Crippen molar-refractivity contribution in [2.45, 2.75) is 18.4 Å². The summed E-state index contributed by atoms with van der Waals surface area (Å²) in [6, 6.07) is 1.54. The molecule has 1 N–H and O–H groups in total. The van der Waals surface area contributed by atoms with E-state index >= 15 is 0 Å². The lowest BCUT2D eigenvalue weighted by molar-refractivity contribution is 0.144. The van der Waals surface area contributed by atoms with Crippen LogP contribution in [0.15, 0.2) is 10.5 Å². The average molecular weight is 331 g/mol. The van der Waals surface area contributed by atoms with Gasteiger partial charge >= 0.3 is 0 Å². The molecule has 0 unspecified atom stereocenters. The van der Waals surface area contributed by atoms with Crippen molar-refractivity contribution < 1.29 is 13.9 Å². The number of rotatable bonds is 3. The predicted octanol–water partition coefficient (Wildman–Crippen LogP) is 3.17. The third-order valence-corrected chi connectivity index (χ3v) is 2.95. The summed E-state index contributed by atoms with van der Waals surface area (Å²) in [5.41, 5.74) is 0.364. The number of alkyl halides is 3. The van der Waals surface area contributed by atoms with Crippen molar-refractivity contribution in [2.24, 2.45) is 0 Å². The predicted molar refractivity (Wildman–Crippen MR) is 55.4 cm³/mol. The van der Waals surface area contributed by atoms with Crippen molar-refractivity contribution in [1.29, 1.82) is 0 Å². The molecule has 0 spiro atoms. The molecule has 1 aromatic heterocycles. The van der Waals surface area contributed by atoms with Crippen molar-refractivity contribution in [1.82, 2.24) is 4.98 Å². The first-order valence-electron chi connectivity index (χ1n) is 3.73. The molecule has 14 heavy (non-hydrogen) atoms. The molecule has 0 bridgehead atoms. The first-order chi connectivity index (χ1) is 6.60. The molecule has 1 rings (SSSR count). The van der Waals surface area contributed by atoms with E-state index < -0.39 is 6.43 Å². The smallest absolute Gasteiger partial charge is 0.280 e. The molecular formula is C8H7Br2F2NO. The van der Waals surface area contributed by atoms with Crippen LogP contribution in [0.5, 0.6) is 0 Å². The average Bonchev–Trinajstić information content (AvgIpc) is 2.16. The van der Waals surface area contributed by atoms with Gasteiger partial charge < -0.3 is 5.11 Å².